The highest BCUT2D eigenvalue weighted by molar-refractivity contribution is 6.04. The largest absolute Gasteiger partial charge is 0.491 e. The van der Waals surface area contributed by atoms with E-state index in [1.54, 1.807) is 24.5 Å². The summed E-state index contributed by atoms with van der Waals surface area (Å²) in [6, 6.07) is 6.98. The molecule has 6 rings (SSSR count). The Kier molecular flexibility index (Phi) is 7.53. The molecule has 14 heteroatoms. The second-order valence-electron chi connectivity index (χ2n) is 11.7. The molecular weight excluding hydrogens is 591 g/mol. The molecule has 4 aromatic rings. The Balaban J connectivity index is 1.32. The molecule has 45 heavy (non-hydrogen) atoms. The number of likely N-dealkylation sites (N-methyl/N-ethyl adjacent to an activating group) is 1. The van der Waals surface area contributed by atoms with E-state index >= 15 is 0 Å². The van der Waals surface area contributed by atoms with Gasteiger partial charge in [-0.25, -0.2) is 14.8 Å². The van der Waals surface area contributed by atoms with Crippen LogP contribution in [0.25, 0.3) is 11.1 Å². The zero-order chi connectivity index (χ0) is 32.2. The Morgan fingerprint density at radius 3 is 2.53 bits per heavy atom. The highest BCUT2D eigenvalue weighted by Gasteiger charge is 2.40. The molecule has 0 saturated carbocycles. The molecule has 0 spiro atoms. The summed E-state index contributed by atoms with van der Waals surface area (Å²) < 4.78 is 51.2. The van der Waals surface area contributed by atoms with Crippen molar-refractivity contribution in [3.63, 3.8) is 0 Å². The lowest BCUT2D eigenvalue weighted by Gasteiger charge is -2.43. The number of halogens is 3. The lowest BCUT2D eigenvalue weighted by Crippen LogP contribution is -2.60. The highest BCUT2D eigenvalue weighted by atomic mass is 19.4. The summed E-state index contributed by atoms with van der Waals surface area (Å²) in [5.41, 5.74) is 1.37. The Labute approximate surface area is 256 Å². The van der Waals surface area contributed by atoms with Crippen molar-refractivity contribution in [2.24, 2.45) is 13.0 Å². The van der Waals surface area contributed by atoms with Gasteiger partial charge in [-0.05, 0) is 49.2 Å². The number of imidazole rings is 1. The molecule has 0 aliphatic carbocycles. The van der Waals surface area contributed by atoms with Gasteiger partial charge in [-0.2, -0.15) is 18.3 Å². The number of carbonyl (C=O) groups excluding carboxylic acids is 1. The molecule has 3 aromatic heterocycles. The molecule has 1 saturated heterocycles. The van der Waals surface area contributed by atoms with Crippen molar-refractivity contribution in [1.29, 1.82) is 0 Å². The number of aryl methyl sites for hydroxylation is 3. The number of fused-ring (bicyclic) bond motifs is 1. The fraction of sp³-hybridized carbons (Fsp3) is 0.387. The smallest absolute Gasteiger partial charge is 0.435 e. The first kappa shape index (κ1) is 30.2. The number of hydrogen-bond donors (Lipinski definition) is 1. The van der Waals surface area contributed by atoms with Gasteiger partial charge in [0.15, 0.2) is 11.5 Å². The van der Waals surface area contributed by atoms with E-state index in [1.807, 2.05) is 35.4 Å². The molecule has 1 atom stereocenters. The van der Waals surface area contributed by atoms with Gasteiger partial charge in [-0.15, -0.1) is 0 Å². The van der Waals surface area contributed by atoms with Crippen molar-refractivity contribution in [2.45, 2.75) is 39.0 Å². The maximum absolute atomic E-state index is 14.0. The normalized spacial score (nSPS) is 16.7. The number of nitrogens with zero attached hydrogens (tertiary/aromatic N) is 7. The Hall–Kier alpha value is -4.88. The zero-order valence-corrected chi connectivity index (χ0v) is 25.2. The van der Waals surface area contributed by atoms with Gasteiger partial charge in [-0.3, -0.25) is 9.48 Å². The molecule has 1 aromatic carbocycles. The molecule has 5 heterocycles. The van der Waals surface area contributed by atoms with Crippen molar-refractivity contribution >= 4 is 17.7 Å². The standard InChI is InChI=1S/C31H32F3N7O4/c1-17-7-21(36-26(8-17)41-13-22(14-41)39(4)30(43)44)11-20-16-45-28-23(25-15-38(3)37-29(25)31(32,33)34)9-19(10-24(28)27(20)42)12-40-6-5-35-18(40)2/h5-10,15,20,22H,11-14,16H2,1-4H3,(H,43,44). The van der Waals surface area contributed by atoms with Crippen molar-refractivity contribution in [3.8, 4) is 16.9 Å². The summed E-state index contributed by atoms with van der Waals surface area (Å²) in [6.07, 6.45) is -0.747. The number of alkyl halides is 3. The fourth-order valence-electron chi connectivity index (χ4n) is 5.89. The van der Waals surface area contributed by atoms with Gasteiger partial charge in [0.25, 0.3) is 0 Å². The van der Waals surface area contributed by atoms with Crippen LogP contribution in [0.3, 0.4) is 0 Å². The molecule has 11 nitrogen and oxygen atoms in total. The van der Waals surface area contributed by atoms with Gasteiger partial charge in [0.2, 0.25) is 0 Å². The van der Waals surface area contributed by atoms with Crippen molar-refractivity contribution in [3.05, 3.63) is 76.8 Å². The third-order valence-corrected chi connectivity index (χ3v) is 8.38. The number of rotatable bonds is 7. The van der Waals surface area contributed by atoms with E-state index in [4.69, 9.17) is 9.72 Å². The average molecular weight is 624 g/mol. The van der Waals surface area contributed by atoms with Crippen LogP contribution < -0.4 is 9.64 Å². The number of hydrogen-bond acceptors (Lipinski definition) is 7. The number of amides is 1. The first-order chi connectivity index (χ1) is 21.3. The number of carbonyl (C=O) groups is 2. The molecular formula is C31H32F3N7O4. The van der Waals surface area contributed by atoms with Gasteiger partial charge >= 0.3 is 12.3 Å². The Morgan fingerprint density at radius 1 is 1.13 bits per heavy atom. The number of anilines is 1. The fourth-order valence-corrected chi connectivity index (χ4v) is 5.89. The van der Waals surface area contributed by atoms with E-state index in [1.165, 1.54) is 25.2 Å². The molecule has 1 N–H and O–H groups in total. The number of ether oxygens (including phenoxy) is 1. The summed E-state index contributed by atoms with van der Waals surface area (Å²) in [4.78, 5) is 37.6. The average Bonchev–Trinajstić information content (AvgIpc) is 3.53. The second kappa shape index (κ2) is 11.2. The minimum Gasteiger partial charge on any atom is -0.491 e. The van der Waals surface area contributed by atoms with E-state index in [0.29, 0.717) is 36.7 Å². The van der Waals surface area contributed by atoms with Crippen LogP contribution >= 0.6 is 0 Å². The summed E-state index contributed by atoms with van der Waals surface area (Å²) >= 11 is 0. The third kappa shape index (κ3) is 5.83. The SMILES string of the molecule is Cc1cc(CC2COc3c(cc(Cn4ccnc4C)cc3-c3cn(C)nc3C(F)(F)F)C2=O)nc(N2CC(N(C)C(=O)O)C2)c1. The first-order valence-corrected chi connectivity index (χ1v) is 14.4. The van der Waals surface area contributed by atoms with Gasteiger partial charge in [0, 0.05) is 75.6 Å². The monoisotopic (exact) mass is 623 g/mol. The van der Waals surface area contributed by atoms with Crippen LogP contribution in [0.15, 0.2) is 42.9 Å². The quantitative estimate of drug-likeness (QED) is 0.318. The molecule has 1 unspecified atom stereocenters. The minimum absolute atomic E-state index is 0.0272. The van der Waals surface area contributed by atoms with Crippen LogP contribution in [-0.4, -0.2) is 79.0 Å². The van der Waals surface area contributed by atoms with Gasteiger partial charge in [-0.1, -0.05) is 0 Å². The molecule has 1 fully saturated rings. The predicted octanol–water partition coefficient (Wildman–Crippen LogP) is 4.59. The number of benzene rings is 1. The van der Waals surface area contributed by atoms with E-state index < -0.39 is 23.9 Å². The first-order valence-electron chi connectivity index (χ1n) is 14.4. The summed E-state index contributed by atoms with van der Waals surface area (Å²) in [5.74, 6) is 0.665. The lowest BCUT2D eigenvalue weighted by molar-refractivity contribution is -0.141. The van der Waals surface area contributed by atoms with Gasteiger partial charge < -0.3 is 24.2 Å². The summed E-state index contributed by atoms with van der Waals surface area (Å²) in [6.45, 7) is 5.03. The van der Waals surface area contributed by atoms with Crippen molar-refractivity contribution < 1.29 is 32.6 Å². The van der Waals surface area contributed by atoms with Crippen LogP contribution in [0.4, 0.5) is 23.8 Å². The number of Topliss-reactive ketones (excluding diaryl/α,β-unsaturated/α-hetero) is 1. The van der Waals surface area contributed by atoms with Crippen molar-refractivity contribution in [2.75, 3.05) is 31.6 Å². The Morgan fingerprint density at radius 2 is 1.87 bits per heavy atom. The maximum atomic E-state index is 14.0. The molecule has 0 radical (unpaired) electrons. The topological polar surface area (TPSA) is 119 Å². The van der Waals surface area contributed by atoms with E-state index in [2.05, 4.69) is 10.1 Å². The van der Waals surface area contributed by atoms with E-state index in [-0.39, 0.29) is 47.3 Å². The lowest BCUT2D eigenvalue weighted by atomic mass is 9.87. The molecule has 0 bridgehead atoms. The van der Waals surface area contributed by atoms with Crippen LogP contribution in [0.1, 0.15) is 38.7 Å². The van der Waals surface area contributed by atoms with Crippen LogP contribution in [-0.2, 0) is 26.2 Å². The van der Waals surface area contributed by atoms with E-state index in [0.717, 1.165) is 16.1 Å². The molecule has 1 amide bonds. The Bertz CT molecular complexity index is 1790. The number of ketones is 1. The summed E-state index contributed by atoms with van der Waals surface area (Å²) in [5, 5.41) is 12.9. The van der Waals surface area contributed by atoms with Crippen molar-refractivity contribution in [1.82, 2.24) is 29.2 Å². The van der Waals surface area contributed by atoms with Gasteiger partial charge in [0.1, 0.15) is 17.4 Å². The predicted molar refractivity (Wildman–Crippen MR) is 157 cm³/mol. The van der Waals surface area contributed by atoms with Crippen LogP contribution in [0.2, 0.25) is 0 Å². The van der Waals surface area contributed by atoms with E-state index in [9.17, 15) is 27.9 Å². The van der Waals surface area contributed by atoms with Gasteiger partial charge in [0.05, 0.1) is 24.1 Å². The molecule has 2 aliphatic rings. The highest BCUT2D eigenvalue weighted by Crippen LogP contribution is 2.44. The number of pyridine rings is 1. The number of carboxylic acid groups (broad SMARTS) is 1. The number of aromatic nitrogens is 5. The zero-order valence-electron chi connectivity index (χ0n) is 25.2. The molecule has 2 aliphatic heterocycles. The third-order valence-electron chi connectivity index (χ3n) is 8.38. The summed E-state index contributed by atoms with van der Waals surface area (Å²) in [7, 11) is 2.96. The molecule has 236 valence electrons. The second-order valence-corrected chi connectivity index (χ2v) is 11.7. The maximum Gasteiger partial charge on any atom is 0.435 e. The van der Waals surface area contributed by atoms with Crippen LogP contribution in [0.5, 0.6) is 5.75 Å². The van der Waals surface area contributed by atoms with Crippen LogP contribution in [0, 0.1) is 19.8 Å². The minimum atomic E-state index is -4.71.